The number of amides is 1. The number of nitrogens with two attached hydrogens (primary N) is 1. The van der Waals surface area contributed by atoms with Crippen LogP contribution in [0.2, 0.25) is 0 Å². The van der Waals surface area contributed by atoms with Crippen LogP contribution < -0.4 is 5.73 Å². The van der Waals surface area contributed by atoms with E-state index >= 15 is 0 Å². The minimum Gasteiger partial charge on any atom is -0.393 e. The van der Waals surface area contributed by atoms with Gasteiger partial charge in [-0.2, -0.15) is 0 Å². The van der Waals surface area contributed by atoms with Gasteiger partial charge in [-0.3, -0.25) is 4.79 Å². The van der Waals surface area contributed by atoms with Crippen LogP contribution in [0.5, 0.6) is 0 Å². The Labute approximate surface area is 95.5 Å². The fourth-order valence-electron chi connectivity index (χ4n) is 0.865. The van der Waals surface area contributed by atoms with Crippen LogP contribution in [-0.4, -0.2) is 49.8 Å². The molecule has 0 spiro atoms. The first-order valence-electron chi connectivity index (χ1n) is 4.37. The molecule has 15 heavy (non-hydrogen) atoms. The summed E-state index contributed by atoms with van der Waals surface area (Å²) in [7, 11) is -1.53. The topological polar surface area (TPSA) is 80.5 Å². The molecule has 0 aliphatic rings. The van der Waals surface area contributed by atoms with Gasteiger partial charge >= 0.3 is 0 Å². The molecule has 0 fully saturated rings. The lowest BCUT2D eigenvalue weighted by Gasteiger charge is -2.20. The number of nitrogens with zero attached hydrogens (tertiary/aromatic N) is 1. The molecule has 1 amide bonds. The highest BCUT2D eigenvalue weighted by atomic mass is 32.2. The molecule has 0 aromatic heterocycles. The predicted octanol–water partition coefficient (Wildman–Crippen LogP) is -0.588. The molecule has 88 valence electrons. The van der Waals surface area contributed by atoms with Gasteiger partial charge in [0.15, 0.2) is 0 Å². The van der Waals surface area contributed by atoms with Crippen LogP contribution >= 0.6 is 12.2 Å². The summed E-state index contributed by atoms with van der Waals surface area (Å²) in [5.41, 5.74) is 5.32. The van der Waals surface area contributed by atoms with Crippen molar-refractivity contribution in [2.75, 3.05) is 25.6 Å². The summed E-state index contributed by atoms with van der Waals surface area (Å²) in [6.45, 7) is 1.76. The third kappa shape index (κ3) is 5.68. The number of thiocarbonyl (C=S) groups is 1. The number of rotatable bonds is 5. The predicted molar refractivity (Wildman–Crippen MR) is 63.3 cm³/mol. The highest BCUT2D eigenvalue weighted by Crippen LogP contribution is 2.01. The Morgan fingerprint density at radius 3 is 2.33 bits per heavy atom. The van der Waals surface area contributed by atoms with Crippen molar-refractivity contribution in [2.45, 2.75) is 6.92 Å². The van der Waals surface area contributed by atoms with E-state index in [4.69, 9.17) is 5.73 Å². The molecule has 0 radical (unpaired) electrons. The van der Waals surface area contributed by atoms with Gasteiger partial charge in [0.05, 0.1) is 16.7 Å². The summed E-state index contributed by atoms with van der Waals surface area (Å²) in [5.74, 6) is -0.866. The van der Waals surface area contributed by atoms with Gasteiger partial charge in [0.1, 0.15) is 9.84 Å². The van der Waals surface area contributed by atoms with Crippen molar-refractivity contribution < 1.29 is 13.2 Å². The Kier molecular flexibility index (Phi) is 5.16. The quantitative estimate of drug-likeness (QED) is 0.662. The highest BCUT2D eigenvalue weighted by Gasteiger charge is 2.20. The first kappa shape index (κ1) is 14.3. The molecule has 1 unspecified atom stereocenters. The van der Waals surface area contributed by atoms with E-state index in [1.54, 1.807) is 6.92 Å². The molecule has 2 N–H and O–H groups in total. The molecule has 0 aliphatic carbocycles. The molecule has 0 bridgehead atoms. The molecule has 5 nitrogen and oxygen atoms in total. The van der Waals surface area contributed by atoms with Crippen molar-refractivity contribution in [1.29, 1.82) is 0 Å². The minimum atomic E-state index is -3.06. The van der Waals surface area contributed by atoms with Gasteiger partial charge in [-0.05, 0) is 6.92 Å². The molecule has 0 rings (SSSR count). The average Bonchev–Trinajstić information content (AvgIpc) is 2.10. The molecule has 0 aromatic rings. The molecular weight excluding hydrogens is 236 g/mol. The van der Waals surface area contributed by atoms with E-state index in [-0.39, 0.29) is 23.2 Å². The second-order valence-electron chi connectivity index (χ2n) is 3.51. The van der Waals surface area contributed by atoms with Crippen molar-refractivity contribution in [3.05, 3.63) is 0 Å². The fraction of sp³-hybridized carbons (Fsp3) is 0.750. The van der Waals surface area contributed by atoms with Crippen molar-refractivity contribution >= 4 is 33.0 Å². The summed E-state index contributed by atoms with van der Waals surface area (Å²) in [5, 5.41) is 0. The Balaban J connectivity index is 4.29. The van der Waals surface area contributed by atoms with Crippen LogP contribution in [0.15, 0.2) is 0 Å². The number of hydrogen-bond donors (Lipinski definition) is 1. The first-order valence-corrected chi connectivity index (χ1v) is 6.84. The summed E-state index contributed by atoms with van der Waals surface area (Å²) in [6, 6.07) is 0. The Bertz CT molecular complexity index is 351. The van der Waals surface area contributed by atoms with Crippen LogP contribution in [-0.2, 0) is 14.6 Å². The highest BCUT2D eigenvalue weighted by molar-refractivity contribution is 7.90. The summed E-state index contributed by atoms with van der Waals surface area (Å²) < 4.78 is 21.7. The lowest BCUT2D eigenvalue weighted by molar-refractivity contribution is -0.131. The zero-order valence-electron chi connectivity index (χ0n) is 9.06. The Morgan fingerprint density at radius 2 is 2.00 bits per heavy atom. The minimum absolute atomic E-state index is 0.0563. The third-order valence-electron chi connectivity index (χ3n) is 1.97. The number of sulfone groups is 1. The van der Waals surface area contributed by atoms with Crippen LogP contribution in [0.25, 0.3) is 0 Å². The summed E-state index contributed by atoms with van der Waals surface area (Å²) in [6.07, 6.45) is 1.13. The van der Waals surface area contributed by atoms with Gasteiger partial charge in [0, 0.05) is 19.8 Å². The number of hydrogen-bond acceptors (Lipinski definition) is 4. The maximum absolute atomic E-state index is 11.6. The summed E-state index contributed by atoms with van der Waals surface area (Å²) >= 11 is 4.68. The Morgan fingerprint density at radius 1 is 1.53 bits per heavy atom. The monoisotopic (exact) mass is 252 g/mol. The lowest BCUT2D eigenvalue weighted by Crippen LogP contribution is -2.39. The molecule has 0 saturated carbocycles. The van der Waals surface area contributed by atoms with E-state index in [2.05, 4.69) is 12.2 Å². The SMILES string of the molecule is CC(C(=O)N(C)CCS(C)(=O)=O)C(N)=S. The second-order valence-corrected chi connectivity index (χ2v) is 6.24. The van der Waals surface area contributed by atoms with Crippen LogP contribution in [0.4, 0.5) is 0 Å². The van der Waals surface area contributed by atoms with Gasteiger partial charge in [-0.1, -0.05) is 12.2 Å². The number of carbonyl (C=O) groups is 1. The fourth-order valence-corrected chi connectivity index (χ4v) is 1.57. The third-order valence-corrected chi connectivity index (χ3v) is 3.25. The maximum atomic E-state index is 11.6. The second kappa shape index (κ2) is 5.41. The summed E-state index contributed by atoms with van der Waals surface area (Å²) in [4.78, 5) is 13.0. The maximum Gasteiger partial charge on any atom is 0.231 e. The van der Waals surface area contributed by atoms with Crippen molar-refractivity contribution in [3.8, 4) is 0 Å². The van der Waals surface area contributed by atoms with E-state index in [9.17, 15) is 13.2 Å². The molecule has 0 saturated heterocycles. The van der Waals surface area contributed by atoms with E-state index in [1.165, 1.54) is 11.9 Å². The van der Waals surface area contributed by atoms with Crippen molar-refractivity contribution in [2.24, 2.45) is 11.7 Å². The Hall–Kier alpha value is -0.690. The molecular formula is C8H16N2O3S2. The van der Waals surface area contributed by atoms with Crippen LogP contribution in [0.1, 0.15) is 6.92 Å². The zero-order chi connectivity index (χ0) is 12.2. The van der Waals surface area contributed by atoms with E-state index in [0.29, 0.717) is 0 Å². The average molecular weight is 252 g/mol. The normalized spacial score (nSPS) is 13.3. The molecule has 0 aromatic carbocycles. The smallest absolute Gasteiger partial charge is 0.231 e. The van der Waals surface area contributed by atoms with Gasteiger partial charge < -0.3 is 10.6 Å². The molecule has 7 heteroatoms. The zero-order valence-corrected chi connectivity index (χ0v) is 10.7. The molecule has 0 heterocycles. The lowest BCUT2D eigenvalue weighted by atomic mass is 10.1. The largest absolute Gasteiger partial charge is 0.393 e. The molecule has 1 atom stereocenters. The molecule has 0 aliphatic heterocycles. The van der Waals surface area contributed by atoms with Gasteiger partial charge in [-0.25, -0.2) is 8.42 Å². The van der Waals surface area contributed by atoms with Gasteiger partial charge in [0.2, 0.25) is 5.91 Å². The van der Waals surface area contributed by atoms with Crippen molar-refractivity contribution in [3.63, 3.8) is 0 Å². The van der Waals surface area contributed by atoms with Gasteiger partial charge in [0.25, 0.3) is 0 Å². The van der Waals surface area contributed by atoms with E-state index in [0.717, 1.165) is 6.26 Å². The first-order chi connectivity index (χ1) is 6.65. The van der Waals surface area contributed by atoms with Crippen molar-refractivity contribution in [1.82, 2.24) is 4.90 Å². The number of carbonyl (C=O) groups excluding carboxylic acids is 1. The van der Waals surface area contributed by atoms with Crippen LogP contribution in [0.3, 0.4) is 0 Å². The van der Waals surface area contributed by atoms with Gasteiger partial charge in [-0.15, -0.1) is 0 Å². The standard InChI is InChI=1S/C8H16N2O3S2/c1-6(7(9)14)8(11)10(2)4-5-15(3,12)13/h6H,4-5H2,1-3H3,(H2,9,14). The van der Waals surface area contributed by atoms with Crippen LogP contribution in [0, 0.1) is 5.92 Å². The van der Waals surface area contributed by atoms with E-state index in [1.807, 2.05) is 0 Å². The van der Waals surface area contributed by atoms with E-state index < -0.39 is 15.8 Å².